The van der Waals surface area contributed by atoms with E-state index >= 15 is 0 Å². The van der Waals surface area contributed by atoms with Crippen LogP contribution >= 0.6 is 0 Å². The van der Waals surface area contributed by atoms with Crippen LogP contribution < -0.4 is 5.32 Å². The normalized spacial score (nSPS) is 22.0. The second kappa shape index (κ2) is 5.03. The number of nitrogens with one attached hydrogen (secondary N) is 1. The van der Waals surface area contributed by atoms with E-state index in [1.165, 1.54) is 0 Å². The summed E-state index contributed by atoms with van der Waals surface area (Å²) < 4.78 is 0. The molecule has 0 saturated heterocycles. The highest BCUT2D eigenvalue weighted by molar-refractivity contribution is 5.81. The second-order valence-electron chi connectivity index (χ2n) is 1.96. The Morgan fingerprint density at radius 2 is 2.10 bits per heavy atom. The van der Waals surface area contributed by atoms with Gasteiger partial charge in [-0.3, -0.25) is 4.99 Å². The maximum Gasteiger partial charge on any atom is 0.0978 e. The van der Waals surface area contributed by atoms with Gasteiger partial charge in [-0.15, -0.1) is 0 Å². The standard InChI is InChI=1S/C6H10N2.C2H6/c1-5-3-4-7-6(2)8-5;1-2/h3-5H,1-2H3,(H,7,8);1-2H3. The van der Waals surface area contributed by atoms with Crippen molar-refractivity contribution in [2.45, 2.75) is 33.7 Å². The van der Waals surface area contributed by atoms with Gasteiger partial charge in [0.1, 0.15) is 0 Å². The number of hydrogen-bond donors (Lipinski definition) is 1. The average Bonchev–Trinajstić information content (AvgIpc) is 1.91. The van der Waals surface area contributed by atoms with Crippen LogP contribution in [0.3, 0.4) is 0 Å². The van der Waals surface area contributed by atoms with Crippen molar-refractivity contribution in [2.24, 2.45) is 4.99 Å². The maximum absolute atomic E-state index is 4.20. The van der Waals surface area contributed by atoms with E-state index in [-0.39, 0.29) is 0 Å². The minimum absolute atomic E-state index is 0.358. The summed E-state index contributed by atoms with van der Waals surface area (Å²) in [5, 5.41) is 2.98. The molecular formula is C8H16N2. The molecule has 58 valence electrons. The monoisotopic (exact) mass is 140 g/mol. The van der Waals surface area contributed by atoms with Crippen molar-refractivity contribution in [2.75, 3.05) is 0 Å². The Morgan fingerprint density at radius 1 is 1.50 bits per heavy atom. The van der Waals surface area contributed by atoms with Crippen LogP contribution in [0, 0.1) is 0 Å². The number of hydrogen-bond acceptors (Lipinski definition) is 2. The summed E-state index contributed by atoms with van der Waals surface area (Å²) in [5.41, 5.74) is 0. The first kappa shape index (κ1) is 9.21. The molecule has 0 radical (unpaired) electrons. The van der Waals surface area contributed by atoms with E-state index in [9.17, 15) is 0 Å². The lowest BCUT2D eigenvalue weighted by molar-refractivity contribution is 0.882. The topological polar surface area (TPSA) is 24.4 Å². The highest BCUT2D eigenvalue weighted by Crippen LogP contribution is 1.95. The van der Waals surface area contributed by atoms with Crippen molar-refractivity contribution in [1.29, 1.82) is 0 Å². The molecule has 1 heterocycles. The van der Waals surface area contributed by atoms with Gasteiger partial charge < -0.3 is 5.32 Å². The second-order valence-corrected chi connectivity index (χ2v) is 1.96. The molecule has 0 fully saturated rings. The van der Waals surface area contributed by atoms with Crippen LogP contribution in [0.25, 0.3) is 0 Å². The molecule has 1 aliphatic rings. The Morgan fingerprint density at radius 3 is 2.40 bits per heavy atom. The maximum atomic E-state index is 4.20. The molecular weight excluding hydrogens is 124 g/mol. The van der Waals surface area contributed by atoms with Crippen molar-refractivity contribution in [1.82, 2.24) is 5.32 Å². The van der Waals surface area contributed by atoms with Crippen LogP contribution in [0.1, 0.15) is 27.7 Å². The van der Waals surface area contributed by atoms with E-state index in [1.807, 2.05) is 33.0 Å². The number of amidine groups is 1. The predicted molar refractivity (Wildman–Crippen MR) is 46.2 cm³/mol. The zero-order valence-corrected chi connectivity index (χ0v) is 7.18. The molecule has 0 amide bonds. The summed E-state index contributed by atoms with van der Waals surface area (Å²) >= 11 is 0. The lowest BCUT2D eigenvalue weighted by atomic mass is 10.3. The highest BCUT2D eigenvalue weighted by atomic mass is 15.0. The minimum Gasteiger partial charge on any atom is -0.351 e. The number of rotatable bonds is 0. The summed E-state index contributed by atoms with van der Waals surface area (Å²) in [6, 6.07) is 0.358. The van der Waals surface area contributed by atoms with Crippen molar-refractivity contribution in [3.05, 3.63) is 12.3 Å². The molecule has 1 unspecified atom stereocenters. The van der Waals surface area contributed by atoms with Crippen molar-refractivity contribution < 1.29 is 0 Å². The third-order valence-corrected chi connectivity index (χ3v) is 1.06. The zero-order chi connectivity index (χ0) is 7.98. The third-order valence-electron chi connectivity index (χ3n) is 1.06. The van der Waals surface area contributed by atoms with Gasteiger partial charge in [0.15, 0.2) is 0 Å². The Labute approximate surface area is 63.0 Å². The quantitative estimate of drug-likeness (QED) is 0.546. The van der Waals surface area contributed by atoms with Crippen molar-refractivity contribution in [3.63, 3.8) is 0 Å². The molecule has 1 aliphatic heterocycles. The van der Waals surface area contributed by atoms with E-state index in [0.717, 1.165) is 5.84 Å². The summed E-state index contributed by atoms with van der Waals surface area (Å²) in [5.74, 6) is 1.00. The fourth-order valence-electron chi connectivity index (χ4n) is 0.694. The molecule has 1 N–H and O–H groups in total. The summed E-state index contributed by atoms with van der Waals surface area (Å²) in [7, 11) is 0. The Hall–Kier alpha value is -0.790. The molecule has 10 heavy (non-hydrogen) atoms. The Balaban J connectivity index is 0.000000371. The van der Waals surface area contributed by atoms with Crippen LogP contribution in [0.2, 0.25) is 0 Å². The van der Waals surface area contributed by atoms with Crippen LogP contribution in [0.4, 0.5) is 0 Å². The van der Waals surface area contributed by atoms with Crippen LogP contribution in [-0.2, 0) is 0 Å². The smallest absolute Gasteiger partial charge is 0.0978 e. The van der Waals surface area contributed by atoms with Gasteiger partial charge in [0.2, 0.25) is 0 Å². The van der Waals surface area contributed by atoms with Gasteiger partial charge in [-0.25, -0.2) is 0 Å². The first-order valence-electron chi connectivity index (χ1n) is 3.76. The largest absolute Gasteiger partial charge is 0.351 e. The van der Waals surface area contributed by atoms with Gasteiger partial charge in [0, 0.05) is 6.20 Å². The highest BCUT2D eigenvalue weighted by Gasteiger charge is 1.97. The first-order chi connectivity index (χ1) is 4.79. The van der Waals surface area contributed by atoms with Crippen LogP contribution in [0.5, 0.6) is 0 Å². The summed E-state index contributed by atoms with van der Waals surface area (Å²) in [6.07, 6.45) is 3.94. The fraction of sp³-hybridized carbons (Fsp3) is 0.625. The summed E-state index contributed by atoms with van der Waals surface area (Å²) in [6.45, 7) is 8.01. The van der Waals surface area contributed by atoms with E-state index in [1.54, 1.807) is 0 Å². The molecule has 0 aromatic carbocycles. The lowest BCUT2D eigenvalue weighted by Crippen LogP contribution is -2.19. The lowest BCUT2D eigenvalue weighted by Gasteiger charge is -2.08. The van der Waals surface area contributed by atoms with E-state index in [0.29, 0.717) is 6.04 Å². The van der Waals surface area contributed by atoms with Crippen LogP contribution in [-0.4, -0.2) is 11.9 Å². The molecule has 0 bridgehead atoms. The number of aliphatic imine (C=N–C) groups is 1. The van der Waals surface area contributed by atoms with Crippen LogP contribution in [0.15, 0.2) is 17.3 Å². The Kier molecular flexibility index (Phi) is 4.63. The van der Waals surface area contributed by atoms with E-state index in [2.05, 4.69) is 17.2 Å². The van der Waals surface area contributed by atoms with Crippen molar-refractivity contribution >= 4 is 5.84 Å². The minimum atomic E-state index is 0.358. The molecule has 2 nitrogen and oxygen atoms in total. The molecule has 0 saturated carbocycles. The SMILES string of the molecule is CC.CC1=NC(C)C=CN1. The van der Waals surface area contributed by atoms with Gasteiger partial charge in [-0.1, -0.05) is 13.8 Å². The molecule has 0 aromatic rings. The van der Waals surface area contributed by atoms with Gasteiger partial charge in [-0.05, 0) is 19.9 Å². The molecule has 1 rings (SSSR count). The third kappa shape index (κ3) is 3.28. The van der Waals surface area contributed by atoms with E-state index in [4.69, 9.17) is 0 Å². The average molecular weight is 140 g/mol. The molecule has 2 heteroatoms. The Bertz CT molecular complexity index is 136. The first-order valence-corrected chi connectivity index (χ1v) is 3.76. The van der Waals surface area contributed by atoms with Gasteiger partial charge in [-0.2, -0.15) is 0 Å². The molecule has 0 spiro atoms. The predicted octanol–water partition coefficient (Wildman–Crippen LogP) is 1.94. The summed E-state index contributed by atoms with van der Waals surface area (Å²) in [4.78, 5) is 4.20. The van der Waals surface area contributed by atoms with Gasteiger partial charge in [0.25, 0.3) is 0 Å². The molecule has 0 aliphatic carbocycles. The van der Waals surface area contributed by atoms with E-state index < -0.39 is 0 Å². The van der Waals surface area contributed by atoms with Crippen molar-refractivity contribution in [3.8, 4) is 0 Å². The van der Waals surface area contributed by atoms with Gasteiger partial charge in [0.05, 0.1) is 11.9 Å². The fourth-order valence-corrected chi connectivity index (χ4v) is 0.694. The molecule has 0 aromatic heterocycles. The zero-order valence-electron chi connectivity index (χ0n) is 7.18. The van der Waals surface area contributed by atoms with Gasteiger partial charge >= 0.3 is 0 Å². The number of nitrogens with zero attached hydrogens (tertiary/aromatic N) is 1. The molecule has 1 atom stereocenters.